The number of amides is 1. The molecular formula is C21H15FN6O. The number of fused-ring (bicyclic) bond motifs is 2. The molecule has 0 aliphatic carbocycles. The second-order valence-corrected chi connectivity index (χ2v) is 6.58. The van der Waals surface area contributed by atoms with Crippen molar-refractivity contribution in [2.45, 2.75) is 0 Å². The van der Waals surface area contributed by atoms with Gasteiger partial charge in [0.1, 0.15) is 5.82 Å². The minimum atomic E-state index is -0.303. The summed E-state index contributed by atoms with van der Waals surface area (Å²) in [6, 6.07) is 16.8. The number of nitrogens with one attached hydrogen (secondary N) is 4. The van der Waals surface area contributed by atoms with Crippen LogP contribution in [0.3, 0.4) is 0 Å². The van der Waals surface area contributed by atoms with Crippen LogP contribution in [-0.4, -0.2) is 26.1 Å². The first-order valence-corrected chi connectivity index (χ1v) is 8.91. The predicted octanol–water partition coefficient (Wildman–Crippen LogP) is 4.57. The molecule has 2 heterocycles. The van der Waals surface area contributed by atoms with E-state index >= 15 is 0 Å². The van der Waals surface area contributed by atoms with Crippen LogP contribution in [0.1, 0.15) is 10.4 Å². The van der Waals surface area contributed by atoms with Crippen molar-refractivity contribution < 1.29 is 9.18 Å². The average molecular weight is 386 g/mol. The molecule has 1 amide bonds. The van der Waals surface area contributed by atoms with Crippen LogP contribution < -0.4 is 10.6 Å². The SMILES string of the molecule is O=C(Nc1ccc2cn[nH]c2c1)c1ccc2nc(Nc3ccc(F)cc3)[nH]c2c1. The number of imidazole rings is 1. The number of rotatable bonds is 4. The summed E-state index contributed by atoms with van der Waals surface area (Å²) in [5, 5.41) is 13.8. The Morgan fingerprint density at radius 1 is 0.931 bits per heavy atom. The molecule has 0 atom stereocenters. The van der Waals surface area contributed by atoms with Gasteiger partial charge < -0.3 is 15.6 Å². The summed E-state index contributed by atoms with van der Waals surface area (Å²) in [6.07, 6.45) is 1.73. The smallest absolute Gasteiger partial charge is 0.255 e. The summed E-state index contributed by atoms with van der Waals surface area (Å²) in [7, 11) is 0. The molecule has 0 aliphatic heterocycles. The van der Waals surface area contributed by atoms with Crippen LogP contribution in [0.15, 0.2) is 66.9 Å². The van der Waals surface area contributed by atoms with E-state index in [1.165, 1.54) is 12.1 Å². The van der Waals surface area contributed by atoms with E-state index < -0.39 is 0 Å². The quantitative estimate of drug-likeness (QED) is 0.363. The number of carbonyl (C=O) groups excluding carboxylic acids is 1. The van der Waals surface area contributed by atoms with Crippen molar-refractivity contribution in [3.63, 3.8) is 0 Å². The number of hydrogen-bond acceptors (Lipinski definition) is 4. The number of anilines is 3. The van der Waals surface area contributed by atoms with Crippen LogP contribution >= 0.6 is 0 Å². The predicted molar refractivity (Wildman–Crippen MR) is 110 cm³/mol. The Hall–Kier alpha value is -4.20. The first-order valence-electron chi connectivity index (χ1n) is 8.91. The number of benzene rings is 3. The fourth-order valence-corrected chi connectivity index (χ4v) is 3.10. The molecule has 0 unspecified atom stereocenters. The standard InChI is InChI=1S/C21H15FN6O/c22-14-3-6-15(7-4-14)25-21-26-17-8-2-12(9-19(17)27-21)20(29)24-16-5-1-13-11-23-28-18(13)10-16/h1-11H,(H,23,28)(H,24,29)(H2,25,26,27). The van der Waals surface area contributed by atoms with Gasteiger partial charge in [-0.1, -0.05) is 0 Å². The van der Waals surface area contributed by atoms with Gasteiger partial charge in [-0.15, -0.1) is 0 Å². The van der Waals surface area contributed by atoms with E-state index in [-0.39, 0.29) is 11.7 Å². The molecule has 0 spiro atoms. The van der Waals surface area contributed by atoms with Crippen molar-refractivity contribution in [2.75, 3.05) is 10.6 Å². The molecule has 142 valence electrons. The lowest BCUT2D eigenvalue weighted by Crippen LogP contribution is -2.11. The van der Waals surface area contributed by atoms with Gasteiger partial charge in [0.15, 0.2) is 0 Å². The summed E-state index contributed by atoms with van der Waals surface area (Å²) in [5.74, 6) is -0.0234. The number of hydrogen-bond donors (Lipinski definition) is 4. The Morgan fingerprint density at radius 2 is 1.76 bits per heavy atom. The molecule has 2 aromatic heterocycles. The van der Waals surface area contributed by atoms with Gasteiger partial charge in [-0.25, -0.2) is 9.37 Å². The summed E-state index contributed by atoms with van der Waals surface area (Å²) >= 11 is 0. The van der Waals surface area contributed by atoms with Gasteiger partial charge in [-0.3, -0.25) is 9.89 Å². The minimum Gasteiger partial charge on any atom is -0.326 e. The Morgan fingerprint density at radius 3 is 2.62 bits per heavy atom. The van der Waals surface area contributed by atoms with Crippen LogP contribution in [0.5, 0.6) is 0 Å². The maximum Gasteiger partial charge on any atom is 0.255 e. The van der Waals surface area contributed by atoms with Crippen LogP contribution in [0.25, 0.3) is 21.9 Å². The molecule has 0 radical (unpaired) electrons. The first kappa shape index (κ1) is 16.9. The first-order chi connectivity index (χ1) is 14.1. The third-order valence-electron chi connectivity index (χ3n) is 4.55. The number of H-pyrrole nitrogens is 2. The maximum absolute atomic E-state index is 13.0. The lowest BCUT2D eigenvalue weighted by Gasteiger charge is -2.05. The van der Waals surface area contributed by atoms with Crippen LogP contribution in [-0.2, 0) is 0 Å². The zero-order chi connectivity index (χ0) is 19.8. The van der Waals surface area contributed by atoms with Crippen molar-refractivity contribution in [1.82, 2.24) is 20.2 Å². The van der Waals surface area contributed by atoms with Gasteiger partial charge in [-0.05, 0) is 60.7 Å². The van der Waals surface area contributed by atoms with Gasteiger partial charge in [-0.2, -0.15) is 5.10 Å². The molecule has 5 aromatic rings. The molecule has 29 heavy (non-hydrogen) atoms. The second-order valence-electron chi connectivity index (χ2n) is 6.58. The van der Waals surface area contributed by atoms with Crippen molar-refractivity contribution in [3.8, 4) is 0 Å². The van der Waals surface area contributed by atoms with E-state index in [1.54, 1.807) is 36.5 Å². The van der Waals surface area contributed by atoms with E-state index in [0.29, 0.717) is 33.9 Å². The molecule has 3 aromatic carbocycles. The molecule has 0 bridgehead atoms. The largest absolute Gasteiger partial charge is 0.326 e. The number of carbonyl (C=O) groups is 1. The van der Waals surface area contributed by atoms with Crippen molar-refractivity contribution in [2.24, 2.45) is 0 Å². The highest BCUT2D eigenvalue weighted by Crippen LogP contribution is 2.21. The third kappa shape index (κ3) is 3.39. The fraction of sp³-hybridized carbons (Fsp3) is 0. The number of aromatic amines is 2. The van der Waals surface area contributed by atoms with Crippen molar-refractivity contribution in [1.29, 1.82) is 0 Å². The van der Waals surface area contributed by atoms with Crippen molar-refractivity contribution in [3.05, 3.63) is 78.2 Å². The van der Waals surface area contributed by atoms with Gasteiger partial charge in [0.2, 0.25) is 5.95 Å². The number of halogens is 1. The lowest BCUT2D eigenvalue weighted by atomic mass is 10.1. The Kier molecular flexibility index (Phi) is 3.94. The normalized spacial score (nSPS) is 11.1. The highest BCUT2D eigenvalue weighted by molar-refractivity contribution is 6.06. The van der Waals surface area contributed by atoms with Crippen LogP contribution in [0.4, 0.5) is 21.7 Å². The van der Waals surface area contributed by atoms with Gasteiger partial charge in [0, 0.05) is 22.3 Å². The average Bonchev–Trinajstić information content (AvgIpc) is 3.34. The van der Waals surface area contributed by atoms with Crippen molar-refractivity contribution >= 4 is 45.2 Å². The molecule has 4 N–H and O–H groups in total. The minimum absolute atomic E-state index is 0.228. The zero-order valence-corrected chi connectivity index (χ0v) is 15.0. The molecule has 0 saturated carbocycles. The van der Waals surface area contributed by atoms with E-state index in [1.807, 2.05) is 18.2 Å². The number of aromatic nitrogens is 4. The summed E-state index contributed by atoms with van der Waals surface area (Å²) in [4.78, 5) is 20.2. The van der Waals surface area contributed by atoms with E-state index in [9.17, 15) is 9.18 Å². The fourth-order valence-electron chi connectivity index (χ4n) is 3.10. The van der Waals surface area contributed by atoms with Gasteiger partial charge >= 0.3 is 0 Å². The monoisotopic (exact) mass is 386 g/mol. The highest BCUT2D eigenvalue weighted by Gasteiger charge is 2.10. The molecule has 8 heteroatoms. The summed E-state index contributed by atoms with van der Waals surface area (Å²) in [5.41, 5.74) is 4.16. The Balaban J connectivity index is 1.37. The highest BCUT2D eigenvalue weighted by atomic mass is 19.1. The van der Waals surface area contributed by atoms with Gasteiger partial charge in [0.25, 0.3) is 5.91 Å². The lowest BCUT2D eigenvalue weighted by molar-refractivity contribution is 0.102. The van der Waals surface area contributed by atoms with E-state index in [2.05, 4.69) is 30.8 Å². The summed E-state index contributed by atoms with van der Waals surface area (Å²) < 4.78 is 13.0. The second kappa shape index (κ2) is 6.75. The zero-order valence-electron chi connectivity index (χ0n) is 15.0. The summed E-state index contributed by atoms with van der Waals surface area (Å²) in [6.45, 7) is 0. The Bertz CT molecular complexity index is 1340. The topological polar surface area (TPSA) is 98.5 Å². The van der Waals surface area contributed by atoms with Gasteiger partial charge in [0.05, 0.1) is 22.7 Å². The molecule has 0 aliphatic rings. The molecule has 0 fully saturated rings. The molecule has 0 saturated heterocycles. The van der Waals surface area contributed by atoms with Crippen LogP contribution in [0.2, 0.25) is 0 Å². The molecular weight excluding hydrogens is 371 g/mol. The number of nitrogens with zero attached hydrogens (tertiary/aromatic N) is 2. The Labute approximate surface area is 164 Å². The third-order valence-corrected chi connectivity index (χ3v) is 4.55. The van der Waals surface area contributed by atoms with E-state index in [4.69, 9.17) is 0 Å². The maximum atomic E-state index is 13.0. The molecule has 5 rings (SSSR count). The molecule has 7 nitrogen and oxygen atoms in total. The van der Waals surface area contributed by atoms with E-state index in [0.717, 1.165) is 10.9 Å². The van der Waals surface area contributed by atoms with Crippen LogP contribution in [0, 0.1) is 5.82 Å².